The van der Waals surface area contributed by atoms with Crippen molar-refractivity contribution in [3.8, 4) is 0 Å². The summed E-state index contributed by atoms with van der Waals surface area (Å²) in [4.78, 5) is 24.8. The van der Waals surface area contributed by atoms with Crippen LogP contribution < -0.4 is 0 Å². The van der Waals surface area contributed by atoms with Crippen molar-refractivity contribution in [2.75, 3.05) is 0 Å². The van der Waals surface area contributed by atoms with Crippen LogP contribution in [0.15, 0.2) is 0 Å². The first-order chi connectivity index (χ1) is 7.90. The van der Waals surface area contributed by atoms with Gasteiger partial charge in [-0.1, -0.05) is 0 Å². The van der Waals surface area contributed by atoms with Crippen molar-refractivity contribution in [1.82, 2.24) is 4.90 Å². The van der Waals surface area contributed by atoms with Crippen molar-refractivity contribution in [3.05, 3.63) is 0 Å². The molecule has 17 heavy (non-hydrogen) atoms. The van der Waals surface area contributed by atoms with E-state index in [-0.39, 0.29) is 24.1 Å². The summed E-state index contributed by atoms with van der Waals surface area (Å²) in [5, 5.41) is 0. The van der Waals surface area contributed by atoms with Gasteiger partial charge in [-0.15, -0.1) is 0 Å². The average molecular weight is 239 g/mol. The summed E-state index contributed by atoms with van der Waals surface area (Å²) in [5.41, 5.74) is -0.446. The highest BCUT2D eigenvalue weighted by atomic mass is 16.6. The molecule has 1 unspecified atom stereocenters. The first-order valence-corrected chi connectivity index (χ1v) is 6.37. The van der Waals surface area contributed by atoms with Crippen molar-refractivity contribution in [1.29, 1.82) is 0 Å². The Hall–Kier alpha value is -1.06. The lowest BCUT2D eigenvalue weighted by molar-refractivity contribution is -0.113. The number of amides is 1. The Bertz CT molecular complexity index is 307. The van der Waals surface area contributed by atoms with Crippen molar-refractivity contribution in [2.24, 2.45) is 5.92 Å². The third-order valence-corrected chi connectivity index (χ3v) is 3.57. The first kappa shape index (κ1) is 12.4. The summed E-state index contributed by atoms with van der Waals surface area (Å²) >= 11 is 0. The minimum absolute atomic E-state index is 0.131. The Labute approximate surface area is 102 Å². The molecule has 0 spiro atoms. The van der Waals surface area contributed by atoms with E-state index in [0.717, 1.165) is 32.0 Å². The number of hydrogen-bond acceptors (Lipinski definition) is 3. The minimum Gasteiger partial charge on any atom is -0.444 e. The van der Waals surface area contributed by atoms with Gasteiger partial charge in [0.15, 0.2) is 0 Å². The van der Waals surface area contributed by atoms with Crippen molar-refractivity contribution in [3.63, 3.8) is 0 Å². The molecule has 2 heterocycles. The zero-order chi connectivity index (χ0) is 12.6. The Kier molecular flexibility index (Phi) is 3.15. The average Bonchev–Trinajstić information content (AvgIpc) is 2.47. The number of ether oxygens (including phenoxy) is 1. The third-order valence-electron chi connectivity index (χ3n) is 3.57. The number of carbonyl (C=O) groups excluding carboxylic acids is 2. The molecule has 3 atom stereocenters. The molecular weight excluding hydrogens is 218 g/mol. The molecular formula is C13H21NO3. The second-order valence-corrected chi connectivity index (χ2v) is 6.14. The molecule has 2 saturated heterocycles. The van der Waals surface area contributed by atoms with Crippen molar-refractivity contribution < 1.29 is 14.3 Å². The van der Waals surface area contributed by atoms with Gasteiger partial charge in [0.2, 0.25) is 0 Å². The molecule has 2 bridgehead atoms. The van der Waals surface area contributed by atoms with E-state index in [2.05, 4.69) is 0 Å². The maximum absolute atomic E-state index is 12.1. The van der Waals surface area contributed by atoms with E-state index in [1.807, 2.05) is 25.7 Å². The summed E-state index contributed by atoms with van der Waals surface area (Å²) in [7, 11) is 0. The normalized spacial score (nSPS) is 32.4. The maximum Gasteiger partial charge on any atom is 0.410 e. The van der Waals surface area contributed by atoms with Crippen LogP contribution in [0.5, 0.6) is 0 Å². The molecule has 0 radical (unpaired) electrons. The number of fused-ring (bicyclic) bond motifs is 2. The third kappa shape index (κ3) is 2.61. The topological polar surface area (TPSA) is 46.6 Å². The summed E-state index contributed by atoms with van der Waals surface area (Å²) in [5.74, 6) is 0.131. The molecule has 1 amide bonds. The van der Waals surface area contributed by atoms with Gasteiger partial charge in [-0.2, -0.15) is 0 Å². The van der Waals surface area contributed by atoms with Crippen LogP contribution in [0.2, 0.25) is 0 Å². The predicted molar refractivity (Wildman–Crippen MR) is 63.7 cm³/mol. The van der Waals surface area contributed by atoms with Crippen LogP contribution in [-0.4, -0.2) is 35.0 Å². The van der Waals surface area contributed by atoms with Crippen LogP contribution in [0.4, 0.5) is 4.79 Å². The summed E-state index contributed by atoms with van der Waals surface area (Å²) < 4.78 is 5.43. The molecule has 4 nitrogen and oxygen atoms in total. The van der Waals surface area contributed by atoms with Gasteiger partial charge in [0.1, 0.15) is 11.9 Å². The lowest BCUT2D eigenvalue weighted by Crippen LogP contribution is -2.48. The predicted octanol–water partition coefficient (Wildman–Crippen LogP) is 2.36. The summed E-state index contributed by atoms with van der Waals surface area (Å²) in [6.07, 6.45) is 4.45. The molecule has 0 saturated carbocycles. The van der Waals surface area contributed by atoms with Gasteiger partial charge in [-0.25, -0.2) is 4.79 Å². The molecule has 0 aromatic carbocycles. The van der Waals surface area contributed by atoms with Gasteiger partial charge < -0.3 is 14.4 Å². The standard InChI is InChI=1S/C13H21NO3/c1-13(2,3)17-12(16)14-10-4-5-11(14)7-9(6-10)8-15/h8-11H,4-7H2,1-3H3/t9-,10-,11?/m0/s1. The monoisotopic (exact) mass is 239 g/mol. The van der Waals surface area contributed by atoms with Gasteiger partial charge in [-0.3, -0.25) is 0 Å². The summed E-state index contributed by atoms with van der Waals surface area (Å²) in [6, 6.07) is 0.414. The largest absolute Gasteiger partial charge is 0.444 e. The number of hydrogen-bond donors (Lipinski definition) is 0. The number of carbonyl (C=O) groups is 2. The lowest BCUT2D eigenvalue weighted by atomic mass is 9.92. The lowest BCUT2D eigenvalue weighted by Gasteiger charge is -2.38. The summed E-state index contributed by atoms with van der Waals surface area (Å²) in [6.45, 7) is 5.64. The second kappa shape index (κ2) is 4.31. The Balaban J connectivity index is 2.04. The molecule has 4 heteroatoms. The zero-order valence-corrected chi connectivity index (χ0v) is 10.8. The van der Waals surface area contributed by atoms with Crippen LogP contribution in [-0.2, 0) is 9.53 Å². The Morgan fingerprint density at radius 2 is 1.76 bits per heavy atom. The van der Waals surface area contributed by atoms with E-state index in [1.54, 1.807) is 0 Å². The van der Waals surface area contributed by atoms with E-state index in [9.17, 15) is 9.59 Å². The fourth-order valence-electron chi connectivity index (χ4n) is 2.94. The number of piperidine rings is 1. The Morgan fingerprint density at radius 3 is 2.18 bits per heavy atom. The maximum atomic E-state index is 12.1. The van der Waals surface area contributed by atoms with E-state index in [4.69, 9.17) is 4.74 Å². The molecule has 2 aliphatic rings. The molecule has 0 N–H and O–H groups in total. The van der Waals surface area contributed by atoms with E-state index < -0.39 is 5.60 Å². The minimum atomic E-state index is -0.446. The fourth-order valence-corrected chi connectivity index (χ4v) is 2.94. The van der Waals surface area contributed by atoms with Gasteiger partial charge in [0.25, 0.3) is 0 Å². The van der Waals surface area contributed by atoms with Gasteiger partial charge in [-0.05, 0) is 46.5 Å². The van der Waals surface area contributed by atoms with Crippen LogP contribution in [0.1, 0.15) is 46.5 Å². The highest BCUT2D eigenvalue weighted by molar-refractivity contribution is 5.70. The SMILES string of the molecule is CC(C)(C)OC(=O)N1C2CC[C@H]1C[C@H](C=O)C2. The molecule has 0 aromatic heterocycles. The molecule has 2 fully saturated rings. The second-order valence-electron chi connectivity index (χ2n) is 6.14. The van der Waals surface area contributed by atoms with Gasteiger partial charge in [0, 0.05) is 18.0 Å². The van der Waals surface area contributed by atoms with Crippen molar-refractivity contribution >= 4 is 12.4 Å². The van der Waals surface area contributed by atoms with Crippen LogP contribution in [0.3, 0.4) is 0 Å². The smallest absolute Gasteiger partial charge is 0.410 e. The van der Waals surface area contributed by atoms with Crippen LogP contribution in [0, 0.1) is 5.92 Å². The fraction of sp³-hybridized carbons (Fsp3) is 0.846. The van der Waals surface area contributed by atoms with Gasteiger partial charge >= 0.3 is 6.09 Å². The van der Waals surface area contributed by atoms with Crippen LogP contribution in [0.25, 0.3) is 0 Å². The molecule has 0 aliphatic carbocycles. The molecule has 2 aliphatic heterocycles. The number of nitrogens with zero attached hydrogens (tertiary/aromatic N) is 1. The molecule has 2 rings (SSSR count). The van der Waals surface area contributed by atoms with E-state index >= 15 is 0 Å². The quantitative estimate of drug-likeness (QED) is 0.660. The number of aldehydes is 1. The first-order valence-electron chi connectivity index (χ1n) is 6.37. The highest BCUT2D eigenvalue weighted by Gasteiger charge is 2.44. The highest BCUT2D eigenvalue weighted by Crippen LogP contribution is 2.38. The molecule has 0 aromatic rings. The van der Waals surface area contributed by atoms with Gasteiger partial charge in [0.05, 0.1) is 0 Å². The van der Waals surface area contributed by atoms with E-state index in [1.165, 1.54) is 0 Å². The van der Waals surface area contributed by atoms with Crippen LogP contribution >= 0.6 is 0 Å². The molecule has 96 valence electrons. The van der Waals surface area contributed by atoms with E-state index in [0.29, 0.717) is 0 Å². The number of rotatable bonds is 1. The van der Waals surface area contributed by atoms with Crippen molar-refractivity contribution in [2.45, 2.75) is 64.1 Å². The Morgan fingerprint density at radius 1 is 1.24 bits per heavy atom. The zero-order valence-electron chi connectivity index (χ0n) is 10.8.